The molecule has 0 atom stereocenters. The van der Waals surface area contributed by atoms with Gasteiger partial charge in [-0.2, -0.15) is 0 Å². The van der Waals surface area contributed by atoms with Crippen LogP contribution in [0.15, 0.2) is 29.2 Å². The molecule has 0 amide bonds. The minimum absolute atomic E-state index is 0.374. The molecule has 3 nitrogen and oxygen atoms in total. The van der Waals surface area contributed by atoms with Gasteiger partial charge >= 0.3 is 0 Å². The van der Waals surface area contributed by atoms with Crippen molar-refractivity contribution in [2.24, 2.45) is 0 Å². The highest BCUT2D eigenvalue weighted by atomic mass is 32.2. The maximum Gasteiger partial charge on any atom is 0.240 e. The van der Waals surface area contributed by atoms with Crippen LogP contribution in [0, 0.1) is 0 Å². The summed E-state index contributed by atoms with van der Waals surface area (Å²) in [4.78, 5) is 0.374. The van der Waals surface area contributed by atoms with E-state index in [0.29, 0.717) is 11.4 Å². The van der Waals surface area contributed by atoms with E-state index in [1.165, 1.54) is 56.9 Å². The van der Waals surface area contributed by atoms with E-state index in [4.69, 9.17) is 0 Å². The van der Waals surface area contributed by atoms with Crippen molar-refractivity contribution in [3.8, 4) is 0 Å². The molecule has 1 aromatic carbocycles. The molecule has 1 rings (SSSR count). The zero-order chi connectivity index (χ0) is 18.4. The van der Waals surface area contributed by atoms with Crippen molar-refractivity contribution in [3.63, 3.8) is 0 Å². The Kier molecular flexibility index (Phi) is 11.8. The summed E-state index contributed by atoms with van der Waals surface area (Å²) in [7, 11) is -3.35. The first-order valence-electron chi connectivity index (χ1n) is 10.2. The van der Waals surface area contributed by atoms with Gasteiger partial charge in [-0.25, -0.2) is 13.1 Å². The lowest BCUT2D eigenvalue weighted by molar-refractivity contribution is 0.549. The van der Waals surface area contributed by atoms with E-state index in [1.807, 2.05) is 12.1 Å². The SMILES string of the molecule is CCCCCCCCCCCCNS(=O)(=O)c1ccc(CCC)cc1. The highest BCUT2D eigenvalue weighted by molar-refractivity contribution is 7.89. The number of aryl methyl sites for hydroxylation is 1. The van der Waals surface area contributed by atoms with Crippen LogP contribution in [0.3, 0.4) is 0 Å². The predicted octanol–water partition coefficient (Wildman–Crippen LogP) is 5.84. The molecule has 0 saturated carbocycles. The lowest BCUT2D eigenvalue weighted by atomic mass is 10.1. The Hall–Kier alpha value is -0.870. The number of unbranched alkanes of at least 4 members (excludes halogenated alkanes) is 9. The van der Waals surface area contributed by atoms with E-state index in [2.05, 4.69) is 18.6 Å². The van der Waals surface area contributed by atoms with Gasteiger partial charge in [0.25, 0.3) is 0 Å². The van der Waals surface area contributed by atoms with Crippen molar-refractivity contribution in [1.82, 2.24) is 4.72 Å². The van der Waals surface area contributed by atoms with Crippen LogP contribution in [-0.2, 0) is 16.4 Å². The Labute approximate surface area is 155 Å². The molecule has 0 radical (unpaired) electrons. The van der Waals surface area contributed by atoms with Crippen LogP contribution >= 0.6 is 0 Å². The van der Waals surface area contributed by atoms with Crippen molar-refractivity contribution >= 4 is 10.0 Å². The third-order valence-electron chi connectivity index (χ3n) is 4.59. The Morgan fingerprint density at radius 2 is 1.24 bits per heavy atom. The molecule has 0 aromatic heterocycles. The summed E-state index contributed by atoms with van der Waals surface area (Å²) in [5.74, 6) is 0. The monoisotopic (exact) mass is 367 g/mol. The molecule has 0 fully saturated rings. The van der Waals surface area contributed by atoms with E-state index in [9.17, 15) is 8.42 Å². The molecule has 144 valence electrons. The average molecular weight is 368 g/mol. The fraction of sp³-hybridized carbons (Fsp3) is 0.714. The number of nitrogens with one attached hydrogen (secondary N) is 1. The maximum absolute atomic E-state index is 12.3. The molecule has 0 aliphatic rings. The quantitative estimate of drug-likeness (QED) is 0.396. The van der Waals surface area contributed by atoms with Gasteiger partial charge in [-0.3, -0.25) is 0 Å². The van der Waals surface area contributed by atoms with E-state index >= 15 is 0 Å². The third kappa shape index (κ3) is 10.0. The van der Waals surface area contributed by atoms with Gasteiger partial charge in [0.1, 0.15) is 0 Å². The summed E-state index contributed by atoms with van der Waals surface area (Å²) in [5, 5.41) is 0. The van der Waals surface area contributed by atoms with Crippen LogP contribution in [-0.4, -0.2) is 15.0 Å². The van der Waals surface area contributed by atoms with Gasteiger partial charge in [0.2, 0.25) is 10.0 Å². The molecule has 0 heterocycles. The van der Waals surface area contributed by atoms with Crippen LogP contribution in [0.2, 0.25) is 0 Å². The second kappa shape index (κ2) is 13.3. The van der Waals surface area contributed by atoms with Crippen LogP contribution in [0.25, 0.3) is 0 Å². The van der Waals surface area contributed by atoms with Crippen LogP contribution in [0.4, 0.5) is 0 Å². The Bertz CT molecular complexity index is 538. The lowest BCUT2D eigenvalue weighted by Gasteiger charge is -2.08. The van der Waals surface area contributed by atoms with Crippen molar-refractivity contribution in [3.05, 3.63) is 29.8 Å². The third-order valence-corrected chi connectivity index (χ3v) is 6.07. The molecular formula is C21H37NO2S. The first-order chi connectivity index (χ1) is 12.1. The number of hydrogen-bond acceptors (Lipinski definition) is 2. The average Bonchev–Trinajstić information content (AvgIpc) is 2.60. The van der Waals surface area contributed by atoms with Gasteiger partial charge in [0.05, 0.1) is 4.90 Å². The molecule has 0 saturated heterocycles. The molecule has 0 spiro atoms. The molecule has 0 unspecified atom stereocenters. The van der Waals surface area contributed by atoms with Gasteiger partial charge in [0, 0.05) is 6.54 Å². The van der Waals surface area contributed by atoms with E-state index in [1.54, 1.807) is 12.1 Å². The normalized spacial score (nSPS) is 11.8. The van der Waals surface area contributed by atoms with Crippen molar-refractivity contribution in [2.45, 2.75) is 95.8 Å². The van der Waals surface area contributed by atoms with Gasteiger partial charge < -0.3 is 0 Å². The smallest absolute Gasteiger partial charge is 0.211 e. The molecule has 25 heavy (non-hydrogen) atoms. The Balaban J connectivity index is 2.12. The summed E-state index contributed by atoms with van der Waals surface area (Å²) < 4.78 is 27.2. The predicted molar refractivity (Wildman–Crippen MR) is 107 cm³/mol. The molecule has 0 aliphatic heterocycles. The fourth-order valence-corrected chi connectivity index (χ4v) is 4.10. The number of rotatable bonds is 15. The van der Waals surface area contributed by atoms with Crippen molar-refractivity contribution < 1.29 is 8.42 Å². The van der Waals surface area contributed by atoms with E-state index in [0.717, 1.165) is 25.7 Å². The molecule has 0 aliphatic carbocycles. The highest BCUT2D eigenvalue weighted by Gasteiger charge is 2.12. The van der Waals surface area contributed by atoms with E-state index in [-0.39, 0.29) is 0 Å². The molecule has 4 heteroatoms. The summed E-state index contributed by atoms with van der Waals surface area (Å²) in [5.41, 5.74) is 1.19. The zero-order valence-electron chi connectivity index (χ0n) is 16.2. The van der Waals surface area contributed by atoms with Crippen LogP contribution < -0.4 is 4.72 Å². The largest absolute Gasteiger partial charge is 0.240 e. The number of benzene rings is 1. The second-order valence-corrected chi connectivity index (χ2v) is 8.74. The Morgan fingerprint density at radius 3 is 1.76 bits per heavy atom. The number of hydrogen-bond donors (Lipinski definition) is 1. The van der Waals surface area contributed by atoms with Gasteiger partial charge in [-0.05, 0) is 30.5 Å². The van der Waals surface area contributed by atoms with Gasteiger partial charge in [-0.1, -0.05) is 90.2 Å². The number of sulfonamides is 1. The summed E-state index contributed by atoms with van der Waals surface area (Å²) in [6.07, 6.45) is 14.6. The minimum atomic E-state index is -3.35. The van der Waals surface area contributed by atoms with Gasteiger partial charge in [0.15, 0.2) is 0 Å². The highest BCUT2D eigenvalue weighted by Crippen LogP contribution is 2.13. The first-order valence-corrected chi connectivity index (χ1v) is 11.7. The van der Waals surface area contributed by atoms with Crippen LogP contribution in [0.1, 0.15) is 90.0 Å². The summed E-state index contributed by atoms with van der Waals surface area (Å²) in [6, 6.07) is 7.26. The second-order valence-electron chi connectivity index (χ2n) is 6.97. The fourth-order valence-electron chi connectivity index (χ4n) is 3.03. The van der Waals surface area contributed by atoms with Crippen molar-refractivity contribution in [2.75, 3.05) is 6.54 Å². The molecule has 0 bridgehead atoms. The topological polar surface area (TPSA) is 46.2 Å². The first kappa shape index (κ1) is 22.2. The lowest BCUT2D eigenvalue weighted by Crippen LogP contribution is -2.24. The summed E-state index contributed by atoms with van der Waals surface area (Å²) in [6.45, 7) is 4.91. The molecular weight excluding hydrogens is 330 g/mol. The molecule has 1 N–H and O–H groups in total. The minimum Gasteiger partial charge on any atom is -0.211 e. The van der Waals surface area contributed by atoms with Gasteiger partial charge in [-0.15, -0.1) is 0 Å². The Morgan fingerprint density at radius 1 is 0.720 bits per heavy atom. The van der Waals surface area contributed by atoms with E-state index < -0.39 is 10.0 Å². The van der Waals surface area contributed by atoms with Crippen LogP contribution in [0.5, 0.6) is 0 Å². The zero-order valence-corrected chi connectivity index (χ0v) is 17.0. The molecule has 1 aromatic rings. The summed E-state index contributed by atoms with van der Waals surface area (Å²) >= 11 is 0. The standard InChI is InChI=1S/C21H37NO2S/c1-3-5-6-7-8-9-10-11-12-13-19-22-25(23,24)21-17-15-20(14-4-2)16-18-21/h15-18,22H,3-14,19H2,1-2H3. The van der Waals surface area contributed by atoms with Crippen molar-refractivity contribution in [1.29, 1.82) is 0 Å². The maximum atomic E-state index is 12.3.